The van der Waals surface area contributed by atoms with Gasteiger partial charge in [0.15, 0.2) is 0 Å². The Morgan fingerprint density at radius 3 is 2.79 bits per heavy atom. The molecule has 1 heterocycles. The molecule has 3 N–H and O–H groups in total. The van der Waals surface area contributed by atoms with E-state index in [-0.39, 0.29) is 29.3 Å². The van der Waals surface area contributed by atoms with Gasteiger partial charge in [-0.25, -0.2) is 4.98 Å². The van der Waals surface area contributed by atoms with E-state index in [2.05, 4.69) is 10.3 Å². The molecule has 19 heavy (non-hydrogen) atoms. The second-order valence-corrected chi connectivity index (χ2v) is 5.25. The Kier molecular flexibility index (Phi) is 5.10. The van der Waals surface area contributed by atoms with Gasteiger partial charge in [-0.1, -0.05) is 0 Å². The summed E-state index contributed by atoms with van der Waals surface area (Å²) in [6.07, 6.45) is 0.483. The first kappa shape index (κ1) is 15.2. The number of aliphatic hydroxyl groups is 1. The predicted molar refractivity (Wildman–Crippen MR) is 69.9 cm³/mol. The number of nitrogens with one attached hydrogen (secondary N) is 1. The molecule has 1 aromatic rings. The number of aromatic hydroxyl groups is 1. The molecule has 0 aliphatic rings. The van der Waals surface area contributed by atoms with Gasteiger partial charge in [0, 0.05) is 18.2 Å². The van der Waals surface area contributed by atoms with Gasteiger partial charge >= 0.3 is 0 Å². The SMILES string of the molecule is CC(C)(C)NCC(O)COc1ncc(O)cc1C#N. The highest BCUT2D eigenvalue weighted by Gasteiger charge is 2.14. The fraction of sp³-hybridized carbons (Fsp3) is 0.538. The van der Waals surface area contributed by atoms with Gasteiger partial charge in [-0.2, -0.15) is 5.26 Å². The van der Waals surface area contributed by atoms with Gasteiger partial charge in [-0.05, 0) is 20.8 Å². The Morgan fingerprint density at radius 2 is 2.21 bits per heavy atom. The quantitative estimate of drug-likeness (QED) is 0.728. The summed E-state index contributed by atoms with van der Waals surface area (Å²) in [5.41, 5.74) is 0.0475. The van der Waals surface area contributed by atoms with Gasteiger partial charge in [0.2, 0.25) is 5.88 Å². The second-order valence-electron chi connectivity index (χ2n) is 5.25. The highest BCUT2D eigenvalue weighted by Crippen LogP contribution is 2.19. The van der Waals surface area contributed by atoms with Crippen LogP contribution in [0.3, 0.4) is 0 Å². The van der Waals surface area contributed by atoms with Crippen molar-refractivity contribution in [3.05, 3.63) is 17.8 Å². The molecule has 0 spiro atoms. The lowest BCUT2D eigenvalue weighted by Gasteiger charge is -2.22. The van der Waals surface area contributed by atoms with Crippen LogP contribution in [-0.2, 0) is 0 Å². The smallest absolute Gasteiger partial charge is 0.231 e. The molecule has 1 unspecified atom stereocenters. The van der Waals surface area contributed by atoms with Gasteiger partial charge in [0.25, 0.3) is 0 Å². The number of β-amino-alcohol motifs (C(OH)–C–C–N with tert-alkyl or cyclic N) is 1. The molecule has 6 nitrogen and oxygen atoms in total. The van der Waals surface area contributed by atoms with Crippen LogP contribution in [0.2, 0.25) is 0 Å². The van der Waals surface area contributed by atoms with E-state index in [1.54, 1.807) is 0 Å². The maximum atomic E-state index is 9.74. The van der Waals surface area contributed by atoms with Crippen molar-refractivity contribution in [1.29, 1.82) is 5.26 Å². The lowest BCUT2D eigenvalue weighted by molar-refractivity contribution is 0.0975. The van der Waals surface area contributed by atoms with E-state index in [1.807, 2.05) is 26.8 Å². The summed E-state index contributed by atoms with van der Waals surface area (Å²) in [7, 11) is 0. The predicted octanol–water partition coefficient (Wildman–Crippen LogP) is 0.787. The van der Waals surface area contributed by atoms with E-state index in [0.717, 1.165) is 0 Å². The van der Waals surface area contributed by atoms with E-state index in [9.17, 15) is 10.2 Å². The number of nitrogens with zero attached hydrogens (tertiary/aromatic N) is 2. The van der Waals surface area contributed by atoms with Gasteiger partial charge in [-0.3, -0.25) is 0 Å². The second kappa shape index (κ2) is 6.36. The Hall–Kier alpha value is -1.84. The van der Waals surface area contributed by atoms with Gasteiger partial charge in [0.05, 0.1) is 6.20 Å². The lowest BCUT2D eigenvalue weighted by atomic mass is 10.1. The molecule has 0 amide bonds. The molecule has 0 saturated heterocycles. The highest BCUT2D eigenvalue weighted by molar-refractivity contribution is 5.41. The Bertz CT molecular complexity index is 463. The molecule has 0 aromatic carbocycles. The average Bonchev–Trinajstić information content (AvgIpc) is 2.33. The van der Waals surface area contributed by atoms with Crippen LogP contribution in [0.4, 0.5) is 0 Å². The Labute approximate surface area is 112 Å². The standard InChI is InChI=1S/C13H19N3O3/c1-13(2,3)16-7-11(18)8-19-12-9(5-14)4-10(17)6-15-12/h4,6,11,16-18H,7-8H2,1-3H3. The van der Waals surface area contributed by atoms with Crippen molar-refractivity contribution in [1.82, 2.24) is 10.3 Å². The summed E-state index contributed by atoms with van der Waals surface area (Å²) in [6, 6.07) is 3.14. The van der Waals surface area contributed by atoms with Crippen LogP contribution in [0, 0.1) is 11.3 Å². The molecular formula is C13H19N3O3. The molecule has 6 heteroatoms. The number of nitriles is 1. The summed E-state index contributed by atoms with van der Waals surface area (Å²) >= 11 is 0. The zero-order valence-electron chi connectivity index (χ0n) is 11.3. The highest BCUT2D eigenvalue weighted by atomic mass is 16.5. The fourth-order valence-corrected chi connectivity index (χ4v) is 1.29. The van der Waals surface area contributed by atoms with Crippen LogP contribution in [0.1, 0.15) is 26.3 Å². The maximum Gasteiger partial charge on any atom is 0.231 e. The molecule has 0 aliphatic heterocycles. The number of aromatic nitrogens is 1. The molecule has 1 atom stereocenters. The fourth-order valence-electron chi connectivity index (χ4n) is 1.29. The number of rotatable bonds is 5. The average molecular weight is 265 g/mol. The zero-order chi connectivity index (χ0) is 14.5. The normalized spacial score (nSPS) is 12.8. The summed E-state index contributed by atoms with van der Waals surface area (Å²) in [4.78, 5) is 3.80. The summed E-state index contributed by atoms with van der Waals surface area (Å²) in [5, 5.41) is 30.9. The topological polar surface area (TPSA) is 98.4 Å². The number of hydrogen-bond acceptors (Lipinski definition) is 6. The first-order valence-corrected chi connectivity index (χ1v) is 5.97. The summed E-state index contributed by atoms with van der Waals surface area (Å²) < 4.78 is 5.28. The van der Waals surface area contributed by atoms with Crippen molar-refractivity contribution < 1.29 is 14.9 Å². The number of pyridine rings is 1. The molecule has 1 rings (SSSR count). The van der Waals surface area contributed by atoms with Crippen molar-refractivity contribution in [2.24, 2.45) is 0 Å². The largest absolute Gasteiger partial charge is 0.506 e. The number of ether oxygens (including phenoxy) is 1. The Balaban J connectivity index is 2.51. The summed E-state index contributed by atoms with van der Waals surface area (Å²) in [5.74, 6) is 0.00829. The zero-order valence-corrected chi connectivity index (χ0v) is 11.3. The van der Waals surface area contributed by atoms with E-state index >= 15 is 0 Å². The van der Waals surface area contributed by atoms with E-state index < -0.39 is 6.10 Å². The minimum atomic E-state index is -0.707. The molecule has 0 aliphatic carbocycles. The van der Waals surface area contributed by atoms with Crippen LogP contribution in [0.25, 0.3) is 0 Å². The molecule has 0 radical (unpaired) electrons. The monoisotopic (exact) mass is 265 g/mol. The van der Waals surface area contributed by atoms with Gasteiger partial charge in [0.1, 0.15) is 30.1 Å². The van der Waals surface area contributed by atoms with Crippen molar-refractivity contribution in [2.45, 2.75) is 32.4 Å². The first-order valence-electron chi connectivity index (χ1n) is 5.97. The van der Waals surface area contributed by atoms with Crippen molar-refractivity contribution >= 4 is 0 Å². The van der Waals surface area contributed by atoms with Crippen molar-refractivity contribution in [3.8, 4) is 17.7 Å². The third kappa shape index (κ3) is 5.55. The maximum absolute atomic E-state index is 9.74. The summed E-state index contributed by atoms with van der Waals surface area (Å²) in [6.45, 7) is 6.39. The van der Waals surface area contributed by atoms with Crippen LogP contribution in [0.5, 0.6) is 11.6 Å². The molecule has 1 aromatic heterocycles. The van der Waals surface area contributed by atoms with Gasteiger partial charge in [-0.15, -0.1) is 0 Å². The van der Waals surface area contributed by atoms with E-state index in [1.165, 1.54) is 12.3 Å². The van der Waals surface area contributed by atoms with Crippen LogP contribution in [-0.4, -0.2) is 40.0 Å². The molecule has 104 valence electrons. The third-order valence-corrected chi connectivity index (χ3v) is 2.24. The number of aliphatic hydroxyl groups excluding tert-OH is 1. The van der Waals surface area contributed by atoms with Gasteiger partial charge < -0.3 is 20.3 Å². The first-order chi connectivity index (χ1) is 8.81. The third-order valence-electron chi connectivity index (χ3n) is 2.24. The van der Waals surface area contributed by atoms with E-state index in [0.29, 0.717) is 6.54 Å². The van der Waals surface area contributed by atoms with Crippen molar-refractivity contribution in [2.75, 3.05) is 13.2 Å². The van der Waals surface area contributed by atoms with Crippen LogP contribution < -0.4 is 10.1 Å². The minimum absolute atomic E-state index is 0.0233. The van der Waals surface area contributed by atoms with Crippen molar-refractivity contribution in [3.63, 3.8) is 0 Å². The van der Waals surface area contributed by atoms with E-state index in [4.69, 9.17) is 10.00 Å². The molecule has 0 saturated carbocycles. The lowest BCUT2D eigenvalue weighted by Crippen LogP contribution is -2.42. The Morgan fingerprint density at radius 1 is 1.53 bits per heavy atom. The molecule has 0 bridgehead atoms. The molecule has 0 fully saturated rings. The molecular weight excluding hydrogens is 246 g/mol. The van der Waals surface area contributed by atoms with Crippen LogP contribution >= 0.6 is 0 Å². The minimum Gasteiger partial charge on any atom is -0.506 e. The van der Waals surface area contributed by atoms with Crippen LogP contribution in [0.15, 0.2) is 12.3 Å². The number of hydrogen-bond donors (Lipinski definition) is 3.